The lowest BCUT2D eigenvalue weighted by Gasteiger charge is -2.12. The van der Waals surface area contributed by atoms with Crippen molar-refractivity contribution in [1.29, 1.82) is 0 Å². The van der Waals surface area contributed by atoms with Crippen LogP contribution in [0.1, 0.15) is 39.9 Å². The van der Waals surface area contributed by atoms with Crippen molar-refractivity contribution in [3.8, 4) is 0 Å². The van der Waals surface area contributed by atoms with E-state index in [-0.39, 0.29) is 5.91 Å². The summed E-state index contributed by atoms with van der Waals surface area (Å²) >= 11 is 0. The second-order valence-corrected chi connectivity index (χ2v) is 7.20. The predicted molar refractivity (Wildman–Crippen MR) is 111 cm³/mol. The molecule has 0 unspecified atom stereocenters. The maximum atomic E-state index is 12.4. The number of carbonyl (C=O) groups is 1. The zero-order valence-corrected chi connectivity index (χ0v) is 16.3. The fourth-order valence-electron chi connectivity index (χ4n) is 3.21. The van der Waals surface area contributed by atoms with E-state index in [4.69, 9.17) is 0 Å². The summed E-state index contributed by atoms with van der Waals surface area (Å²) in [5.74, 6) is 0.648. The van der Waals surface area contributed by atoms with Crippen molar-refractivity contribution in [3.05, 3.63) is 59.6 Å². The minimum Gasteiger partial charge on any atom is -0.388 e. The van der Waals surface area contributed by atoms with Crippen LogP contribution in [0.15, 0.2) is 37.3 Å². The molecule has 1 amide bonds. The molecule has 4 rings (SSSR count). The van der Waals surface area contributed by atoms with Gasteiger partial charge in [-0.25, -0.2) is 9.50 Å². The van der Waals surface area contributed by atoms with Gasteiger partial charge in [-0.3, -0.25) is 4.79 Å². The van der Waals surface area contributed by atoms with Crippen molar-refractivity contribution in [2.24, 2.45) is 0 Å². The molecule has 0 radical (unpaired) electrons. The van der Waals surface area contributed by atoms with Crippen LogP contribution < -0.4 is 16.0 Å². The highest BCUT2D eigenvalue weighted by molar-refractivity contribution is 5.96. The molecule has 0 saturated heterocycles. The van der Waals surface area contributed by atoms with Crippen LogP contribution in [0.4, 0.5) is 11.5 Å². The van der Waals surface area contributed by atoms with Crippen molar-refractivity contribution in [1.82, 2.24) is 25.2 Å². The van der Waals surface area contributed by atoms with E-state index in [2.05, 4.69) is 32.6 Å². The molecule has 0 atom stereocenters. The normalized spacial score (nSPS) is 13.4. The Balaban J connectivity index is 1.70. The summed E-state index contributed by atoms with van der Waals surface area (Å²) in [6, 6.07) is 6.00. The minimum atomic E-state index is -0.0372. The molecule has 2 aromatic heterocycles. The van der Waals surface area contributed by atoms with Gasteiger partial charge < -0.3 is 16.0 Å². The Labute approximate surface area is 163 Å². The standard InChI is InChI=1S/C21H24N6O/c1-12-5-6-15(21(28)25-16-7-8-16)9-18(12)26-20-19-13(2)17(14(3)22-4)10-27(19)24-11-23-20/h5-6,9-11,16,22H,3,7-8H2,1-2,4H3,(H,25,28)(H,23,24,26). The summed E-state index contributed by atoms with van der Waals surface area (Å²) < 4.78 is 1.79. The molecular weight excluding hydrogens is 352 g/mol. The third-order valence-corrected chi connectivity index (χ3v) is 5.12. The maximum absolute atomic E-state index is 12.4. The van der Waals surface area contributed by atoms with E-state index in [1.54, 1.807) is 4.52 Å². The van der Waals surface area contributed by atoms with E-state index in [0.717, 1.165) is 46.4 Å². The molecule has 1 fully saturated rings. The van der Waals surface area contributed by atoms with Gasteiger partial charge in [-0.05, 0) is 49.9 Å². The van der Waals surface area contributed by atoms with E-state index in [1.807, 2.05) is 45.3 Å². The van der Waals surface area contributed by atoms with Crippen molar-refractivity contribution >= 4 is 28.6 Å². The lowest BCUT2D eigenvalue weighted by molar-refractivity contribution is 0.0951. The molecule has 1 aliphatic carbocycles. The minimum absolute atomic E-state index is 0.0372. The number of carbonyl (C=O) groups excluding carboxylic acids is 1. The fraction of sp³-hybridized carbons (Fsp3) is 0.286. The highest BCUT2D eigenvalue weighted by atomic mass is 16.1. The van der Waals surface area contributed by atoms with Crippen LogP contribution in [0.25, 0.3) is 11.2 Å². The van der Waals surface area contributed by atoms with E-state index < -0.39 is 0 Å². The maximum Gasteiger partial charge on any atom is 0.251 e. The first-order valence-electron chi connectivity index (χ1n) is 9.36. The average Bonchev–Trinajstić information content (AvgIpc) is 3.44. The molecular formula is C21H24N6O. The van der Waals surface area contributed by atoms with E-state index in [1.165, 1.54) is 6.33 Å². The summed E-state index contributed by atoms with van der Waals surface area (Å²) in [5, 5.41) is 13.8. The number of hydrogen-bond acceptors (Lipinski definition) is 5. The molecule has 1 saturated carbocycles. The predicted octanol–water partition coefficient (Wildman–Crippen LogP) is 3.17. The Morgan fingerprint density at radius 2 is 2.07 bits per heavy atom. The summed E-state index contributed by atoms with van der Waals surface area (Å²) in [5.41, 5.74) is 6.23. The fourth-order valence-corrected chi connectivity index (χ4v) is 3.21. The average molecular weight is 376 g/mol. The van der Waals surface area contributed by atoms with Crippen LogP contribution in [-0.4, -0.2) is 33.6 Å². The zero-order valence-electron chi connectivity index (χ0n) is 16.3. The number of fused-ring (bicyclic) bond motifs is 1. The lowest BCUT2D eigenvalue weighted by Crippen LogP contribution is -2.25. The largest absolute Gasteiger partial charge is 0.388 e. The molecule has 28 heavy (non-hydrogen) atoms. The highest BCUT2D eigenvalue weighted by Crippen LogP contribution is 2.29. The van der Waals surface area contributed by atoms with Gasteiger partial charge in [-0.2, -0.15) is 5.10 Å². The van der Waals surface area contributed by atoms with E-state index in [0.29, 0.717) is 17.4 Å². The lowest BCUT2D eigenvalue weighted by atomic mass is 10.1. The van der Waals surface area contributed by atoms with Crippen molar-refractivity contribution < 1.29 is 4.79 Å². The summed E-state index contributed by atoms with van der Waals surface area (Å²) in [6.07, 6.45) is 5.58. The molecule has 0 aliphatic heterocycles. The van der Waals surface area contributed by atoms with Gasteiger partial charge in [0.15, 0.2) is 5.82 Å². The smallest absolute Gasteiger partial charge is 0.251 e. The second kappa shape index (κ2) is 6.99. The third kappa shape index (κ3) is 3.31. The molecule has 7 nitrogen and oxygen atoms in total. The van der Waals surface area contributed by atoms with Gasteiger partial charge in [0.25, 0.3) is 5.91 Å². The zero-order chi connectivity index (χ0) is 19.8. The van der Waals surface area contributed by atoms with Crippen LogP contribution in [0.5, 0.6) is 0 Å². The molecule has 144 valence electrons. The molecule has 2 heterocycles. The Hall–Kier alpha value is -3.35. The van der Waals surface area contributed by atoms with Gasteiger partial charge in [0.2, 0.25) is 0 Å². The first-order valence-corrected chi connectivity index (χ1v) is 9.36. The van der Waals surface area contributed by atoms with Gasteiger partial charge in [-0.15, -0.1) is 0 Å². The Kier molecular flexibility index (Phi) is 4.50. The van der Waals surface area contributed by atoms with Crippen LogP contribution in [-0.2, 0) is 0 Å². The summed E-state index contributed by atoms with van der Waals surface area (Å²) in [4.78, 5) is 16.8. The number of nitrogens with zero attached hydrogens (tertiary/aromatic N) is 3. The second-order valence-electron chi connectivity index (χ2n) is 7.20. The van der Waals surface area contributed by atoms with Crippen molar-refractivity contribution in [3.63, 3.8) is 0 Å². The van der Waals surface area contributed by atoms with Crippen molar-refractivity contribution in [2.75, 3.05) is 12.4 Å². The first-order chi connectivity index (χ1) is 13.5. The SMILES string of the molecule is C=C(NC)c1cn2ncnc(Nc3cc(C(=O)NC4CC4)ccc3C)c2c1C. The van der Waals surface area contributed by atoms with Crippen LogP contribution in [0, 0.1) is 13.8 Å². The monoisotopic (exact) mass is 376 g/mol. The van der Waals surface area contributed by atoms with Gasteiger partial charge >= 0.3 is 0 Å². The van der Waals surface area contributed by atoms with Gasteiger partial charge in [0.05, 0.1) is 0 Å². The number of aromatic nitrogens is 3. The van der Waals surface area contributed by atoms with E-state index >= 15 is 0 Å². The Morgan fingerprint density at radius 3 is 2.79 bits per heavy atom. The van der Waals surface area contributed by atoms with Gasteiger partial charge in [-0.1, -0.05) is 12.6 Å². The number of hydrogen-bond donors (Lipinski definition) is 3. The van der Waals surface area contributed by atoms with Crippen molar-refractivity contribution in [2.45, 2.75) is 32.7 Å². The Bertz CT molecular complexity index is 1080. The molecule has 3 aromatic rings. The summed E-state index contributed by atoms with van der Waals surface area (Å²) in [6.45, 7) is 8.07. The number of rotatable bonds is 6. The Morgan fingerprint density at radius 1 is 1.29 bits per heavy atom. The van der Waals surface area contributed by atoms with E-state index in [9.17, 15) is 4.79 Å². The molecule has 0 bridgehead atoms. The number of anilines is 2. The molecule has 1 aromatic carbocycles. The summed E-state index contributed by atoms with van der Waals surface area (Å²) in [7, 11) is 1.84. The molecule has 7 heteroatoms. The van der Waals surface area contributed by atoms with Crippen LogP contribution in [0.3, 0.4) is 0 Å². The number of nitrogens with one attached hydrogen (secondary N) is 3. The third-order valence-electron chi connectivity index (χ3n) is 5.12. The van der Waals surface area contributed by atoms with Gasteiger partial charge in [0, 0.05) is 41.8 Å². The number of benzene rings is 1. The molecule has 1 aliphatic rings. The highest BCUT2D eigenvalue weighted by Gasteiger charge is 2.24. The molecule has 0 spiro atoms. The van der Waals surface area contributed by atoms with Crippen LogP contribution in [0.2, 0.25) is 0 Å². The number of aryl methyl sites for hydroxylation is 2. The first kappa shape index (κ1) is 18.0. The number of amides is 1. The van der Waals surface area contributed by atoms with Gasteiger partial charge in [0.1, 0.15) is 11.8 Å². The quantitative estimate of drug-likeness (QED) is 0.615. The topological polar surface area (TPSA) is 83.3 Å². The molecule has 3 N–H and O–H groups in total. The van der Waals surface area contributed by atoms with Crippen LogP contribution >= 0.6 is 0 Å².